The maximum absolute atomic E-state index is 5.92. The summed E-state index contributed by atoms with van der Waals surface area (Å²) in [7, 11) is 0. The van der Waals surface area contributed by atoms with Crippen LogP contribution < -0.4 is 0 Å². The van der Waals surface area contributed by atoms with Crippen LogP contribution in [0.5, 0.6) is 0 Å². The standard InChI is InChI=1S/C18H31N5O2/c1-2-6-21(5-1)9-11-25-15-17-18-13-22(12-16-4-10-24-14-16)7-3-8-23(18)20-19-17/h16H,1-15H2/t16-/m0/s1. The molecular weight excluding hydrogens is 318 g/mol. The first-order chi connectivity index (χ1) is 12.4. The van der Waals surface area contributed by atoms with E-state index in [0.717, 1.165) is 64.7 Å². The van der Waals surface area contributed by atoms with Gasteiger partial charge in [0.2, 0.25) is 0 Å². The minimum atomic E-state index is 0.587. The number of ether oxygens (including phenoxy) is 2. The van der Waals surface area contributed by atoms with E-state index in [0.29, 0.717) is 12.5 Å². The van der Waals surface area contributed by atoms with Gasteiger partial charge in [0.25, 0.3) is 0 Å². The Hall–Kier alpha value is -1.02. The zero-order valence-corrected chi connectivity index (χ0v) is 15.2. The lowest BCUT2D eigenvalue weighted by Gasteiger charge is -2.22. The third-order valence-corrected chi connectivity index (χ3v) is 5.67. The predicted octanol–water partition coefficient (Wildman–Crippen LogP) is 1.13. The highest BCUT2D eigenvalue weighted by atomic mass is 16.5. The second-order valence-corrected chi connectivity index (χ2v) is 7.63. The van der Waals surface area contributed by atoms with Gasteiger partial charge >= 0.3 is 0 Å². The van der Waals surface area contributed by atoms with Crippen LogP contribution in [-0.4, -0.2) is 77.3 Å². The van der Waals surface area contributed by atoms with Gasteiger partial charge in [-0.3, -0.25) is 4.90 Å². The van der Waals surface area contributed by atoms with Gasteiger partial charge in [-0.25, -0.2) is 4.68 Å². The largest absolute Gasteiger partial charge is 0.381 e. The van der Waals surface area contributed by atoms with E-state index < -0.39 is 0 Å². The summed E-state index contributed by atoms with van der Waals surface area (Å²) in [5, 5.41) is 8.76. The first-order valence-electron chi connectivity index (χ1n) is 9.90. The molecule has 0 unspecified atom stereocenters. The smallest absolute Gasteiger partial charge is 0.113 e. The van der Waals surface area contributed by atoms with Gasteiger partial charge in [0.1, 0.15) is 5.69 Å². The number of aryl methyl sites for hydroxylation is 1. The summed E-state index contributed by atoms with van der Waals surface area (Å²) in [5.41, 5.74) is 2.27. The maximum Gasteiger partial charge on any atom is 0.113 e. The van der Waals surface area contributed by atoms with Crippen LogP contribution in [0.3, 0.4) is 0 Å². The minimum Gasteiger partial charge on any atom is -0.381 e. The Morgan fingerprint density at radius 1 is 1.08 bits per heavy atom. The minimum absolute atomic E-state index is 0.587. The van der Waals surface area contributed by atoms with Crippen molar-refractivity contribution in [2.24, 2.45) is 5.92 Å². The lowest BCUT2D eigenvalue weighted by molar-refractivity contribution is 0.0959. The van der Waals surface area contributed by atoms with Crippen molar-refractivity contribution in [2.45, 2.75) is 45.4 Å². The van der Waals surface area contributed by atoms with Gasteiger partial charge in [-0.1, -0.05) is 5.21 Å². The third kappa shape index (κ3) is 4.58. The van der Waals surface area contributed by atoms with Crippen LogP contribution in [0.25, 0.3) is 0 Å². The summed E-state index contributed by atoms with van der Waals surface area (Å²) in [5.74, 6) is 0.683. The lowest BCUT2D eigenvalue weighted by Crippen LogP contribution is -2.30. The van der Waals surface area contributed by atoms with E-state index >= 15 is 0 Å². The quantitative estimate of drug-likeness (QED) is 0.688. The Labute approximate surface area is 150 Å². The molecule has 0 saturated carbocycles. The Morgan fingerprint density at radius 2 is 1.96 bits per heavy atom. The zero-order chi connectivity index (χ0) is 16.9. The van der Waals surface area contributed by atoms with Crippen molar-refractivity contribution >= 4 is 0 Å². The van der Waals surface area contributed by atoms with Crippen molar-refractivity contribution in [3.63, 3.8) is 0 Å². The van der Waals surface area contributed by atoms with Crippen LogP contribution in [0, 0.1) is 5.92 Å². The van der Waals surface area contributed by atoms with Crippen LogP contribution >= 0.6 is 0 Å². The van der Waals surface area contributed by atoms with Crippen molar-refractivity contribution in [3.8, 4) is 0 Å². The third-order valence-electron chi connectivity index (χ3n) is 5.67. The molecule has 0 aromatic carbocycles. The first kappa shape index (κ1) is 17.4. The molecule has 140 valence electrons. The van der Waals surface area contributed by atoms with E-state index in [9.17, 15) is 0 Å². The molecule has 25 heavy (non-hydrogen) atoms. The number of likely N-dealkylation sites (tertiary alicyclic amines) is 1. The molecule has 0 amide bonds. The molecule has 0 N–H and O–H groups in total. The number of hydrogen-bond acceptors (Lipinski definition) is 6. The fraction of sp³-hybridized carbons (Fsp3) is 0.889. The van der Waals surface area contributed by atoms with Gasteiger partial charge in [0.15, 0.2) is 0 Å². The molecule has 7 nitrogen and oxygen atoms in total. The zero-order valence-electron chi connectivity index (χ0n) is 15.2. The summed E-state index contributed by atoms with van der Waals surface area (Å²) >= 11 is 0. The van der Waals surface area contributed by atoms with Crippen LogP contribution in [0.2, 0.25) is 0 Å². The topological polar surface area (TPSA) is 55.7 Å². The van der Waals surface area contributed by atoms with Crippen LogP contribution in [-0.2, 0) is 29.2 Å². The number of rotatable bonds is 7. The van der Waals surface area contributed by atoms with Crippen LogP contribution in [0.1, 0.15) is 37.1 Å². The molecule has 4 heterocycles. The van der Waals surface area contributed by atoms with Gasteiger partial charge in [-0.15, -0.1) is 5.10 Å². The molecule has 2 fully saturated rings. The SMILES string of the molecule is C1CCN(CCOCc2nnn3c2CN(C[C@@H]2CCOC2)CCC3)C1. The van der Waals surface area contributed by atoms with Crippen LogP contribution in [0.15, 0.2) is 0 Å². The van der Waals surface area contributed by atoms with E-state index in [4.69, 9.17) is 9.47 Å². The fourth-order valence-electron chi connectivity index (χ4n) is 4.19. The van der Waals surface area contributed by atoms with E-state index in [1.54, 1.807) is 0 Å². The molecule has 1 aromatic rings. The molecule has 0 bridgehead atoms. The number of hydrogen-bond donors (Lipinski definition) is 0. The molecule has 0 aliphatic carbocycles. The van der Waals surface area contributed by atoms with Crippen molar-refractivity contribution in [2.75, 3.05) is 52.5 Å². The first-order valence-corrected chi connectivity index (χ1v) is 9.90. The Bertz CT molecular complexity index is 538. The van der Waals surface area contributed by atoms with Gasteiger partial charge in [0, 0.05) is 39.3 Å². The summed E-state index contributed by atoms with van der Waals surface area (Å²) in [6.45, 7) is 10.9. The summed E-state index contributed by atoms with van der Waals surface area (Å²) in [4.78, 5) is 5.03. The second kappa shape index (κ2) is 8.58. The average molecular weight is 349 g/mol. The Morgan fingerprint density at radius 3 is 2.80 bits per heavy atom. The fourth-order valence-corrected chi connectivity index (χ4v) is 4.19. The molecule has 1 atom stereocenters. The number of fused-ring (bicyclic) bond motifs is 1. The normalized spacial score (nSPS) is 25.4. The summed E-state index contributed by atoms with van der Waals surface area (Å²) in [6, 6.07) is 0. The lowest BCUT2D eigenvalue weighted by atomic mass is 10.1. The second-order valence-electron chi connectivity index (χ2n) is 7.63. The van der Waals surface area contributed by atoms with Crippen molar-refractivity contribution in [1.29, 1.82) is 0 Å². The molecular formula is C18H31N5O2. The van der Waals surface area contributed by atoms with Gasteiger partial charge < -0.3 is 14.4 Å². The molecule has 0 radical (unpaired) electrons. The Kier molecular flexibility index (Phi) is 5.97. The van der Waals surface area contributed by atoms with E-state index in [2.05, 4.69) is 24.8 Å². The van der Waals surface area contributed by atoms with Gasteiger partial charge in [-0.05, 0) is 44.7 Å². The van der Waals surface area contributed by atoms with E-state index in [1.807, 2.05) is 0 Å². The number of nitrogens with zero attached hydrogens (tertiary/aromatic N) is 5. The van der Waals surface area contributed by atoms with Crippen molar-refractivity contribution in [1.82, 2.24) is 24.8 Å². The van der Waals surface area contributed by atoms with Gasteiger partial charge in [0.05, 0.1) is 25.5 Å². The van der Waals surface area contributed by atoms with Gasteiger partial charge in [-0.2, -0.15) is 0 Å². The molecule has 3 aliphatic heterocycles. The summed E-state index contributed by atoms with van der Waals surface area (Å²) < 4.78 is 13.5. The molecule has 0 spiro atoms. The van der Waals surface area contributed by atoms with Crippen molar-refractivity contribution < 1.29 is 9.47 Å². The van der Waals surface area contributed by atoms with Crippen molar-refractivity contribution in [3.05, 3.63) is 11.4 Å². The molecule has 2 saturated heterocycles. The molecule has 3 aliphatic rings. The monoisotopic (exact) mass is 349 g/mol. The molecule has 7 heteroatoms. The van der Waals surface area contributed by atoms with Crippen LogP contribution in [0.4, 0.5) is 0 Å². The number of aromatic nitrogens is 3. The maximum atomic E-state index is 5.92. The highest BCUT2D eigenvalue weighted by molar-refractivity contribution is 5.10. The highest BCUT2D eigenvalue weighted by Crippen LogP contribution is 2.20. The average Bonchev–Trinajstić information content (AvgIpc) is 3.34. The molecule has 1 aromatic heterocycles. The van der Waals surface area contributed by atoms with E-state index in [-0.39, 0.29) is 0 Å². The Balaban J connectivity index is 1.29. The van der Waals surface area contributed by atoms with E-state index in [1.165, 1.54) is 38.0 Å². The predicted molar refractivity (Wildman–Crippen MR) is 94.2 cm³/mol. The highest BCUT2D eigenvalue weighted by Gasteiger charge is 2.24. The summed E-state index contributed by atoms with van der Waals surface area (Å²) in [6.07, 6.45) is 5.00. The molecule has 4 rings (SSSR count).